The number of hydrogen-bond donors (Lipinski definition) is 2. The molecule has 0 amide bonds. The van der Waals surface area contributed by atoms with Gasteiger partial charge in [-0.3, -0.25) is 16.2 Å². The van der Waals surface area contributed by atoms with Crippen molar-refractivity contribution >= 4 is 0 Å². The number of likely N-dealkylation sites (tertiary alicyclic amines) is 1. The Morgan fingerprint density at radius 1 is 1.35 bits per heavy atom. The third kappa shape index (κ3) is 2.80. The number of benzene rings is 1. The zero-order valence-electron chi connectivity index (χ0n) is 12.4. The molecule has 0 aromatic heterocycles. The van der Waals surface area contributed by atoms with Crippen molar-refractivity contribution < 1.29 is 9.13 Å². The van der Waals surface area contributed by atoms with Crippen molar-refractivity contribution in [3.8, 4) is 5.75 Å². The van der Waals surface area contributed by atoms with Gasteiger partial charge in [-0.05, 0) is 58.0 Å². The Hall–Kier alpha value is -1.17. The smallest absolute Gasteiger partial charge is 0.123 e. The average Bonchev–Trinajstić information content (AvgIpc) is 2.94. The fourth-order valence-electron chi connectivity index (χ4n) is 3.08. The van der Waals surface area contributed by atoms with Crippen LogP contribution < -0.4 is 16.0 Å². The monoisotopic (exact) mass is 281 g/mol. The van der Waals surface area contributed by atoms with Gasteiger partial charge in [-0.1, -0.05) is 0 Å². The highest BCUT2D eigenvalue weighted by molar-refractivity contribution is 5.38. The molecule has 1 aliphatic rings. The van der Waals surface area contributed by atoms with Gasteiger partial charge in [0, 0.05) is 11.1 Å². The lowest BCUT2D eigenvalue weighted by Crippen LogP contribution is -2.53. The van der Waals surface area contributed by atoms with E-state index in [1.807, 2.05) is 0 Å². The molecule has 0 bridgehead atoms. The number of nitrogens with one attached hydrogen (secondary N) is 1. The number of halogens is 1. The fourth-order valence-corrected chi connectivity index (χ4v) is 3.08. The van der Waals surface area contributed by atoms with E-state index in [2.05, 4.69) is 24.2 Å². The molecule has 0 radical (unpaired) electrons. The van der Waals surface area contributed by atoms with E-state index in [1.54, 1.807) is 13.2 Å². The van der Waals surface area contributed by atoms with Crippen LogP contribution in [0.4, 0.5) is 4.39 Å². The Bertz CT molecular complexity index is 458. The molecule has 1 heterocycles. The molecule has 20 heavy (non-hydrogen) atoms. The maximum atomic E-state index is 13.6. The van der Waals surface area contributed by atoms with Gasteiger partial charge in [-0.15, -0.1) is 0 Å². The Balaban J connectivity index is 2.38. The van der Waals surface area contributed by atoms with Crippen molar-refractivity contribution in [3.05, 3.63) is 29.6 Å². The summed E-state index contributed by atoms with van der Waals surface area (Å²) in [6.45, 7) is 6.35. The number of nitrogens with zero attached hydrogens (tertiary/aromatic N) is 1. The summed E-state index contributed by atoms with van der Waals surface area (Å²) in [5.74, 6) is 6.15. The molecule has 1 saturated heterocycles. The van der Waals surface area contributed by atoms with E-state index in [0.29, 0.717) is 5.75 Å². The van der Waals surface area contributed by atoms with Gasteiger partial charge in [0.15, 0.2) is 0 Å². The molecule has 3 N–H and O–H groups in total. The summed E-state index contributed by atoms with van der Waals surface area (Å²) < 4.78 is 19.0. The predicted molar refractivity (Wildman–Crippen MR) is 77.9 cm³/mol. The number of rotatable bonds is 5. The summed E-state index contributed by atoms with van der Waals surface area (Å²) in [5.41, 5.74) is 3.39. The van der Waals surface area contributed by atoms with Gasteiger partial charge in [0.2, 0.25) is 0 Å². The summed E-state index contributed by atoms with van der Waals surface area (Å²) in [4.78, 5) is 2.39. The predicted octanol–water partition coefficient (Wildman–Crippen LogP) is 2.21. The highest BCUT2D eigenvalue weighted by atomic mass is 19.1. The van der Waals surface area contributed by atoms with E-state index >= 15 is 0 Å². The van der Waals surface area contributed by atoms with Gasteiger partial charge in [0.05, 0.1) is 13.2 Å². The van der Waals surface area contributed by atoms with E-state index in [1.165, 1.54) is 25.0 Å². The van der Waals surface area contributed by atoms with Crippen molar-refractivity contribution in [2.45, 2.75) is 38.3 Å². The van der Waals surface area contributed by atoms with Gasteiger partial charge < -0.3 is 4.74 Å². The van der Waals surface area contributed by atoms with E-state index in [0.717, 1.165) is 18.7 Å². The minimum atomic E-state index is -0.279. The van der Waals surface area contributed by atoms with Gasteiger partial charge in [-0.25, -0.2) is 4.39 Å². The highest BCUT2D eigenvalue weighted by Crippen LogP contribution is 2.37. The molecule has 1 aliphatic heterocycles. The van der Waals surface area contributed by atoms with Crippen molar-refractivity contribution in [1.29, 1.82) is 0 Å². The van der Waals surface area contributed by atoms with E-state index in [-0.39, 0.29) is 17.4 Å². The van der Waals surface area contributed by atoms with Crippen molar-refractivity contribution in [2.75, 3.05) is 20.2 Å². The first-order valence-corrected chi connectivity index (χ1v) is 7.05. The van der Waals surface area contributed by atoms with E-state index < -0.39 is 0 Å². The SMILES string of the molecule is COc1ccc(F)cc1C(NN)C(C)(C)N1CCCC1. The first-order valence-electron chi connectivity index (χ1n) is 7.05. The fraction of sp³-hybridized carbons (Fsp3) is 0.600. The number of methoxy groups -OCH3 is 1. The van der Waals surface area contributed by atoms with Crippen LogP contribution in [0.1, 0.15) is 38.3 Å². The molecule has 0 spiro atoms. The maximum absolute atomic E-state index is 13.6. The quantitative estimate of drug-likeness (QED) is 0.642. The Morgan fingerprint density at radius 3 is 2.55 bits per heavy atom. The summed E-state index contributed by atoms with van der Waals surface area (Å²) in [6.07, 6.45) is 2.39. The lowest BCUT2D eigenvalue weighted by Gasteiger charge is -2.42. The van der Waals surface area contributed by atoms with Gasteiger partial charge >= 0.3 is 0 Å². The van der Waals surface area contributed by atoms with Crippen LogP contribution in [0, 0.1) is 5.82 Å². The van der Waals surface area contributed by atoms with Crippen molar-refractivity contribution in [1.82, 2.24) is 10.3 Å². The number of hydrazine groups is 1. The second-order valence-corrected chi connectivity index (χ2v) is 5.83. The Labute approximate surface area is 120 Å². The average molecular weight is 281 g/mol. The van der Waals surface area contributed by atoms with Crippen LogP contribution in [0.2, 0.25) is 0 Å². The lowest BCUT2D eigenvalue weighted by atomic mass is 9.87. The molecular weight excluding hydrogens is 257 g/mol. The normalized spacial score (nSPS) is 18.2. The second kappa shape index (κ2) is 6.08. The molecule has 1 unspecified atom stereocenters. The highest BCUT2D eigenvalue weighted by Gasteiger charge is 2.38. The molecule has 1 atom stereocenters. The lowest BCUT2D eigenvalue weighted by molar-refractivity contribution is 0.105. The molecule has 4 nitrogen and oxygen atoms in total. The molecule has 1 fully saturated rings. The van der Waals surface area contributed by atoms with Crippen LogP contribution in [-0.4, -0.2) is 30.6 Å². The van der Waals surface area contributed by atoms with Crippen LogP contribution in [0.15, 0.2) is 18.2 Å². The first kappa shape index (κ1) is 15.2. The van der Waals surface area contributed by atoms with Crippen LogP contribution in [-0.2, 0) is 0 Å². The molecule has 112 valence electrons. The zero-order valence-corrected chi connectivity index (χ0v) is 12.4. The second-order valence-electron chi connectivity index (χ2n) is 5.83. The molecule has 5 heteroatoms. The molecule has 1 aromatic carbocycles. The van der Waals surface area contributed by atoms with Crippen molar-refractivity contribution in [2.24, 2.45) is 5.84 Å². The molecule has 2 rings (SSSR count). The summed E-state index contributed by atoms with van der Waals surface area (Å²) in [5, 5.41) is 0. The Kier molecular flexibility index (Phi) is 4.62. The minimum Gasteiger partial charge on any atom is -0.496 e. The molecule has 1 aromatic rings. The van der Waals surface area contributed by atoms with E-state index in [9.17, 15) is 4.39 Å². The van der Waals surface area contributed by atoms with Crippen molar-refractivity contribution in [3.63, 3.8) is 0 Å². The van der Waals surface area contributed by atoms with Crippen LogP contribution in [0.5, 0.6) is 5.75 Å². The maximum Gasteiger partial charge on any atom is 0.123 e. The van der Waals surface area contributed by atoms with Gasteiger partial charge in [0.1, 0.15) is 11.6 Å². The summed E-state index contributed by atoms with van der Waals surface area (Å²) in [7, 11) is 1.59. The van der Waals surface area contributed by atoms with Gasteiger partial charge in [0.25, 0.3) is 0 Å². The zero-order chi connectivity index (χ0) is 14.8. The molecule has 0 aliphatic carbocycles. The third-order valence-electron chi connectivity index (χ3n) is 4.30. The minimum absolute atomic E-state index is 0.203. The Morgan fingerprint density at radius 2 is 2.00 bits per heavy atom. The standard InChI is InChI=1S/C15H24FN3O/c1-15(2,19-8-4-5-9-19)14(18-17)12-10-11(16)6-7-13(12)20-3/h6-7,10,14,18H,4-5,8-9,17H2,1-3H3. The molecular formula is C15H24FN3O. The van der Waals surface area contributed by atoms with Crippen LogP contribution in [0.3, 0.4) is 0 Å². The number of ether oxygens (including phenoxy) is 1. The molecule has 0 saturated carbocycles. The summed E-state index contributed by atoms with van der Waals surface area (Å²) >= 11 is 0. The summed E-state index contributed by atoms with van der Waals surface area (Å²) in [6, 6.07) is 4.35. The van der Waals surface area contributed by atoms with Crippen LogP contribution >= 0.6 is 0 Å². The van der Waals surface area contributed by atoms with E-state index in [4.69, 9.17) is 10.6 Å². The first-order chi connectivity index (χ1) is 9.50. The van der Waals surface area contributed by atoms with Crippen LogP contribution in [0.25, 0.3) is 0 Å². The number of hydrogen-bond acceptors (Lipinski definition) is 4. The topological polar surface area (TPSA) is 50.5 Å². The largest absolute Gasteiger partial charge is 0.496 e. The third-order valence-corrected chi connectivity index (χ3v) is 4.30. The number of nitrogens with two attached hydrogens (primary N) is 1. The van der Waals surface area contributed by atoms with Gasteiger partial charge in [-0.2, -0.15) is 0 Å².